The van der Waals surface area contributed by atoms with E-state index in [1.807, 2.05) is 31.2 Å². The lowest BCUT2D eigenvalue weighted by Crippen LogP contribution is -2.31. The zero-order valence-electron chi connectivity index (χ0n) is 13.9. The lowest BCUT2D eigenvalue weighted by Gasteiger charge is -2.18. The van der Waals surface area contributed by atoms with Crippen LogP contribution in [0.15, 0.2) is 40.9 Å². The summed E-state index contributed by atoms with van der Waals surface area (Å²) in [5.41, 5.74) is 4.83. The first-order chi connectivity index (χ1) is 10.9. The van der Waals surface area contributed by atoms with Crippen LogP contribution in [-0.4, -0.2) is 12.5 Å². The third kappa shape index (κ3) is 4.83. The van der Waals surface area contributed by atoms with E-state index in [9.17, 15) is 4.79 Å². The van der Waals surface area contributed by atoms with E-state index in [0.29, 0.717) is 5.75 Å². The van der Waals surface area contributed by atoms with Crippen LogP contribution in [0.3, 0.4) is 0 Å². The number of benzene rings is 2. The number of rotatable bonds is 5. The minimum absolute atomic E-state index is 0.00979. The Labute approximate surface area is 146 Å². The van der Waals surface area contributed by atoms with Crippen molar-refractivity contribution in [1.29, 1.82) is 0 Å². The van der Waals surface area contributed by atoms with Crippen molar-refractivity contribution in [2.24, 2.45) is 0 Å². The van der Waals surface area contributed by atoms with Crippen LogP contribution in [0.4, 0.5) is 0 Å². The molecule has 0 radical (unpaired) electrons. The topological polar surface area (TPSA) is 38.3 Å². The van der Waals surface area contributed by atoms with E-state index in [4.69, 9.17) is 4.74 Å². The van der Waals surface area contributed by atoms with Crippen molar-refractivity contribution in [3.63, 3.8) is 0 Å². The molecule has 0 saturated carbocycles. The average Bonchev–Trinajstić information content (AvgIpc) is 2.50. The molecule has 2 aromatic carbocycles. The molecule has 0 fully saturated rings. The highest BCUT2D eigenvalue weighted by Gasteiger charge is 2.13. The fourth-order valence-electron chi connectivity index (χ4n) is 2.49. The second kappa shape index (κ2) is 7.64. The van der Waals surface area contributed by atoms with E-state index < -0.39 is 0 Å². The van der Waals surface area contributed by atoms with Gasteiger partial charge in [-0.25, -0.2) is 0 Å². The summed E-state index contributed by atoms with van der Waals surface area (Å²) in [7, 11) is 0. The van der Waals surface area contributed by atoms with Gasteiger partial charge in [0.15, 0.2) is 6.61 Å². The summed E-state index contributed by atoms with van der Waals surface area (Å²) in [6, 6.07) is 11.7. The largest absolute Gasteiger partial charge is 0.484 e. The van der Waals surface area contributed by atoms with Crippen LogP contribution >= 0.6 is 15.9 Å². The van der Waals surface area contributed by atoms with Gasteiger partial charge in [0.1, 0.15) is 5.75 Å². The van der Waals surface area contributed by atoms with E-state index in [1.54, 1.807) is 0 Å². The fraction of sp³-hybridized carbons (Fsp3) is 0.316. The Morgan fingerprint density at radius 3 is 2.35 bits per heavy atom. The van der Waals surface area contributed by atoms with Gasteiger partial charge in [-0.15, -0.1) is 0 Å². The molecule has 0 aliphatic heterocycles. The molecule has 0 aliphatic carbocycles. The van der Waals surface area contributed by atoms with Crippen molar-refractivity contribution in [1.82, 2.24) is 5.32 Å². The van der Waals surface area contributed by atoms with Gasteiger partial charge >= 0.3 is 0 Å². The van der Waals surface area contributed by atoms with Gasteiger partial charge in [0.05, 0.1) is 6.04 Å². The number of ether oxygens (including phenoxy) is 1. The maximum atomic E-state index is 12.1. The molecule has 0 heterocycles. The first-order valence-electron chi connectivity index (χ1n) is 7.62. The summed E-state index contributed by atoms with van der Waals surface area (Å²) < 4.78 is 6.48. The maximum Gasteiger partial charge on any atom is 0.258 e. The first-order valence-corrected chi connectivity index (χ1v) is 8.41. The minimum Gasteiger partial charge on any atom is -0.484 e. The van der Waals surface area contributed by atoms with Gasteiger partial charge in [0.25, 0.3) is 5.91 Å². The molecule has 3 nitrogen and oxygen atoms in total. The quantitative estimate of drug-likeness (QED) is 0.826. The summed E-state index contributed by atoms with van der Waals surface area (Å²) in [5, 5.41) is 2.99. The third-order valence-electron chi connectivity index (χ3n) is 3.91. The van der Waals surface area contributed by atoms with Gasteiger partial charge in [-0.05, 0) is 74.2 Å². The maximum absolute atomic E-state index is 12.1. The number of aryl methyl sites for hydroxylation is 3. The predicted molar refractivity (Wildman–Crippen MR) is 96.8 cm³/mol. The molecule has 0 aliphatic rings. The molecule has 23 heavy (non-hydrogen) atoms. The van der Waals surface area contributed by atoms with Crippen molar-refractivity contribution in [3.05, 3.63) is 63.1 Å². The fourth-order valence-corrected chi connectivity index (χ4v) is 2.75. The second-order valence-electron chi connectivity index (χ2n) is 5.82. The van der Waals surface area contributed by atoms with Gasteiger partial charge in [-0.1, -0.05) is 28.1 Å². The Kier molecular flexibility index (Phi) is 5.83. The highest BCUT2D eigenvalue weighted by atomic mass is 79.9. The van der Waals surface area contributed by atoms with Crippen LogP contribution in [0, 0.1) is 20.8 Å². The third-order valence-corrected chi connectivity index (χ3v) is 4.44. The standard InChI is InChI=1S/C19H22BrNO2/c1-12-9-14(3)18(10-13(12)2)15(4)21-19(22)11-23-17-7-5-16(20)6-8-17/h5-10,15H,11H2,1-4H3,(H,21,22)/t15-/m0/s1. The Bertz CT molecular complexity index is 695. The normalized spacial score (nSPS) is 11.9. The molecule has 2 rings (SSSR count). The Hall–Kier alpha value is -1.81. The second-order valence-corrected chi connectivity index (χ2v) is 6.74. The van der Waals surface area contributed by atoms with E-state index in [0.717, 1.165) is 10.0 Å². The molecule has 1 atom stereocenters. The Balaban J connectivity index is 1.94. The van der Waals surface area contributed by atoms with Crippen LogP contribution in [-0.2, 0) is 4.79 Å². The molecule has 0 saturated heterocycles. The van der Waals surface area contributed by atoms with Gasteiger partial charge < -0.3 is 10.1 Å². The number of hydrogen-bond donors (Lipinski definition) is 1. The first kappa shape index (κ1) is 17.5. The van der Waals surface area contributed by atoms with E-state index in [-0.39, 0.29) is 18.6 Å². The number of hydrogen-bond acceptors (Lipinski definition) is 2. The number of carbonyl (C=O) groups is 1. The number of carbonyl (C=O) groups excluding carboxylic acids is 1. The van der Waals surface area contributed by atoms with Crippen LogP contribution in [0.1, 0.15) is 35.2 Å². The van der Waals surface area contributed by atoms with Gasteiger partial charge in [0.2, 0.25) is 0 Å². The SMILES string of the molecule is Cc1cc(C)c([C@H](C)NC(=O)COc2ccc(Br)cc2)cc1C. The molecule has 2 aromatic rings. The Morgan fingerprint density at radius 1 is 1.09 bits per heavy atom. The minimum atomic E-state index is -0.127. The lowest BCUT2D eigenvalue weighted by molar-refractivity contribution is -0.123. The summed E-state index contributed by atoms with van der Waals surface area (Å²) in [4.78, 5) is 12.1. The molecule has 122 valence electrons. The van der Waals surface area contributed by atoms with Crippen LogP contribution in [0.25, 0.3) is 0 Å². The van der Waals surface area contributed by atoms with Crippen LogP contribution < -0.4 is 10.1 Å². The average molecular weight is 376 g/mol. The van der Waals surface area contributed by atoms with Crippen molar-refractivity contribution < 1.29 is 9.53 Å². The highest BCUT2D eigenvalue weighted by molar-refractivity contribution is 9.10. The van der Waals surface area contributed by atoms with Crippen LogP contribution in [0.2, 0.25) is 0 Å². The smallest absolute Gasteiger partial charge is 0.258 e. The van der Waals surface area contributed by atoms with Crippen molar-refractivity contribution in [2.45, 2.75) is 33.7 Å². The number of amides is 1. The molecule has 0 spiro atoms. The lowest BCUT2D eigenvalue weighted by atomic mass is 9.96. The molecule has 0 bridgehead atoms. The molecular weight excluding hydrogens is 354 g/mol. The van der Waals surface area contributed by atoms with E-state index in [2.05, 4.69) is 54.2 Å². The molecule has 4 heteroatoms. The van der Waals surface area contributed by atoms with Gasteiger partial charge in [-0.3, -0.25) is 4.79 Å². The summed E-state index contributed by atoms with van der Waals surface area (Å²) in [6.07, 6.45) is 0. The number of nitrogens with one attached hydrogen (secondary N) is 1. The monoisotopic (exact) mass is 375 g/mol. The van der Waals surface area contributed by atoms with Crippen molar-refractivity contribution in [3.8, 4) is 5.75 Å². The van der Waals surface area contributed by atoms with Crippen molar-refractivity contribution in [2.75, 3.05) is 6.61 Å². The highest BCUT2D eigenvalue weighted by Crippen LogP contribution is 2.21. The zero-order chi connectivity index (χ0) is 17.0. The summed E-state index contributed by atoms with van der Waals surface area (Å²) >= 11 is 3.37. The molecular formula is C19H22BrNO2. The van der Waals surface area contributed by atoms with E-state index in [1.165, 1.54) is 16.7 Å². The van der Waals surface area contributed by atoms with Gasteiger partial charge in [0, 0.05) is 4.47 Å². The zero-order valence-corrected chi connectivity index (χ0v) is 15.5. The summed E-state index contributed by atoms with van der Waals surface area (Å²) in [5.74, 6) is 0.552. The van der Waals surface area contributed by atoms with Crippen molar-refractivity contribution >= 4 is 21.8 Å². The molecule has 1 amide bonds. The molecule has 0 aromatic heterocycles. The molecule has 1 N–H and O–H groups in total. The van der Waals surface area contributed by atoms with Gasteiger partial charge in [-0.2, -0.15) is 0 Å². The summed E-state index contributed by atoms with van der Waals surface area (Å²) in [6.45, 7) is 8.26. The molecule has 0 unspecified atom stereocenters. The predicted octanol–water partition coefficient (Wildman–Crippen LogP) is 4.63. The number of halogens is 1. The Morgan fingerprint density at radius 2 is 1.70 bits per heavy atom. The van der Waals surface area contributed by atoms with Crippen LogP contribution in [0.5, 0.6) is 5.75 Å². The van der Waals surface area contributed by atoms with E-state index >= 15 is 0 Å².